The van der Waals surface area contributed by atoms with Crippen molar-refractivity contribution in [3.63, 3.8) is 0 Å². The molecule has 31 heavy (non-hydrogen) atoms. The zero-order chi connectivity index (χ0) is 22.7. The lowest BCUT2D eigenvalue weighted by Gasteiger charge is -2.41. The first-order chi connectivity index (χ1) is 14.6. The van der Waals surface area contributed by atoms with Gasteiger partial charge in [-0.05, 0) is 35.8 Å². The molecular weight excluding hydrogens is 419 g/mol. The molecule has 0 aliphatic heterocycles. The minimum Gasteiger partial charge on any atom is -0.497 e. The monoisotopic (exact) mass is 452 g/mol. The number of ether oxygens (including phenoxy) is 1. The molecule has 3 rings (SSSR count). The van der Waals surface area contributed by atoms with Crippen LogP contribution in [0.25, 0.3) is 0 Å². The zero-order valence-electron chi connectivity index (χ0n) is 19.3. The molecule has 0 saturated heterocycles. The summed E-state index contributed by atoms with van der Waals surface area (Å²) in [6.45, 7) is 11.1. The average molecular weight is 453 g/mol. The number of methoxy groups -OCH3 is 1. The molecule has 0 aliphatic carbocycles. The maximum atomic E-state index is 15.1. The van der Waals surface area contributed by atoms with Crippen molar-refractivity contribution in [2.75, 3.05) is 7.11 Å². The van der Waals surface area contributed by atoms with Gasteiger partial charge in [-0.1, -0.05) is 93.6 Å². The fraction of sp³-hybridized carbons (Fsp3) is 0.308. The third kappa shape index (κ3) is 4.87. The van der Waals surface area contributed by atoms with Crippen molar-refractivity contribution in [2.45, 2.75) is 44.7 Å². The maximum absolute atomic E-state index is 15.1. The summed E-state index contributed by atoms with van der Waals surface area (Å²) in [6, 6.07) is 27.3. The Balaban J connectivity index is 2.26. The van der Waals surface area contributed by atoms with Gasteiger partial charge >= 0.3 is 0 Å². The van der Waals surface area contributed by atoms with Crippen molar-refractivity contribution >= 4 is 26.1 Å². The van der Waals surface area contributed by atoms with Crippen molar-refractivity contribution in [3.8, 4) is 5.75 Å². The molecule has 0 amide bonds. The molecule has 5 heteroatoms. The van der Waals surface area contributed by atoms with Gasteiger partial charge in [0.25, 0.3) is 0 Å². The van der Waals surface area contributed by atoms with E-state index in [1.165, 1.54) is 0 Å². The fourth-order valence-electron chi connectivity index (χ4n) is 3.30. The Kier molecular flexibility index (Phi) is 6.95. The smallest absolute Gasteiger partial charge is 0.193 e. The minimum absolute atomic E-state index is 0.0179. The highest BCUT2D eigenvalue weighted by atomic mass is 31.2. The molecular formula is C26H33O3PSi. The van der Waals surface area contributed by atoms with Gasteiger partial charge in [-0.15, -0.1) is 0 Å². The van der Waals surface area contributed by atoms with Crippen LogP contribution in [0.15, 0.2) is 84.9 Å². The maximum Gasteiger partial charge on any atom is 0.193 e. The number of hydrogen-bond acceptors (Lipinski definition) is 3. The first-order valence-corrected chi connectivity index (χ1v) is 15.3. The molecule has 0 N–H and O–H groups in total. The van der Waals surface area contributed by atoms with Crippen LogP contribution in [-0.4, -0.2) is 15.4 Å². The van der Waals surface area contributed by atoms with E-state index in [0.29, 0.717) is 0 Å². The van der Waals surface area contributed by atoms with Crippen LogP contribution in [0.4, 0.5) is 0 Å². The van der Waals surface area contributed by atoms with Gasteiger partial charge in [-0.3, -0.25) is 0 Å². The summed E-state index contributed by atoms with van der Waals surface area (Å²) in [7, 11) is -3.78. The molecule has 0 heterocycles. The quantitative estimate of drug-likeness (QED) is 0.294. The van der Waals surface area contributed by atoms with Gasteiger partial charge in [-0.2, -0.15) is 0 Å². The lowest BCUT2D eigenvalue weighted by molar-refractivity contribution is 0.254. The fourth-order valence-corrected chi connectivity index (χ4v) is 8.39. The van der Waals surface area contributed by atoms with E-state index in [2.05, 4.69) is 33.9 Å². The summed E-state index contributed by atoms with van der Waals surface area (Å²) in [4.78, 5) is 0. The second-order valence-corrected chi connectivity index (χ2v) is 16.9. The van der Waals surface area contributed by atoms with E-state index >= 15 is 4.57 Å². The third-order valence-electron chi connectivity index (χ3n) is 6.22. The van der Waals surface area contributed by atoms with Crippen LogP contribution in [0.5, 0.6) is 5.75 Å². The van der Waals surface area contributed by atoms with E-state index in [0.717, 1.165) is 21.9 Å². The summed E-state index contributed by atoms with van der Waals surface area (Å²) < 4.78 is 27.5. The van der Waals surface area contributed by atoms with E-state index < -0.39 is 21.3 Å². The van der Waals surface area contributed by atoms with Crippen LogP contribution in [0, 0.1) is 0 Å². The van der Waals surface area contributed by atoms with Crippen molar-refractivity contribution in [1.29, 1.82) is 0 Å². The van der Waals surface area contributed by atoms with Crippen molar-refractivity contribution in [3.05, 3.63) is 90.5 Å². The van der Waals surface area contributed by atoms with E-state index in [1.807, 2.05) is 84.9 Å². The number of benzene rings is 3. The first kappa shape index (κ1) is 23.5. The van der Waals surface area contributed by atoms with E-state index in [1.54, 1.807) is 7.11 Å². The topological polar surface area (TPSA) is 35.5 Å². The Morgan fingerprint density at radius 3 is 1.61 bits per heavy atom. The van der Waals surface area contributed by atoms with Crippen LogP contribution >= 0.6 is 7.14 Å². The van der Waals surface area contributed by atoms with Crippen LogP contribution in [0.1, 0.15) is 32.2 Å². The highest BCUT2D eigenvalue weighted by Crippen LogP contribution is 2.60. The molecule has 0 radical (unpaired) electrons. The standard InChI is InChI=1S/C26H33O3PSi/c1-26(2,3)31(5,6)29-25(21-17-19-22(28-4)20-18-21)30(27,23-13-9-7-10-14-23)24-15-11-8-12-16-24/h7-20,25H,1-6H3. The Morgan fingerprint density at radius 1 is 0.774 bits per heavy atom. The molecule has 1 atom stereocenters. The Bertz CT molecular complexity index is 982. The molecule has 3 nitrogen and oxygen atoms in total. The van der Waals surface area contributed by atoms with Gasteiger partial charge in [0.1, 0.15) is 11.6 Å². The summed E-state index contributed by atoms with van der Waals surface area (Å²) in [5.74, 6) is 0.188. The molecule has 3 aromatic carbocycles. The molecule has 0 bridgehead atoms. The summed E-state index contributed by atoms with van der Waals surface area (Å²) in [5, 5.41) is 1.59. The molecule has 1 unspecified atom stereocenters. The van der Waals surface area contributed by atoms with E-state index in [9.17, 15) is 0 Å². The SMILES string of the molecule is COc1ccc(C(O[Si](C)(C)C(C)(C)C)P(=O)(c2ccccc2)c2ccccc2)cc1. The molecule has 0 saturated carbocycles. The van der Waals surface area contributed by atoms with Gasteiger partial charge in [0.15, 0.2) is 15.5 Å². The predicted octanol–water partition coefficient (Wildman–Crippen LogP) is 6.73. The third-order valence-corrected chi connectivity index (χ3v) is 14.1. The van der Waals surface area contributed by atoms with Crippen LogP contribution in [0.2, 0.25) is 18.1 Å². The lowest BCUT2D eigenvalue weighted by atomic mass is 10.2. The van der Waals surface area contributed by atoms with Gasteiger partial charge in [0, 0.05) is 10.6 Å². The van der Waals surface area contributed by atoms with Crippen molar-refractivity contribution < 1.29 is 13.7 Å². The summed E-state index contributed by atoms with van der Waals surface area (Å²) in [6.07, 6.45) is 0. The molecule has 0 aromatic heterocycles. The normalized spacial score (nSPS) is 13.6. The lowest BCUT2D eigenvalue weighted by Crippen LogP contribution is -2.43. The molecule has 3 aromatic rings. The Morgan fingerprint density at radius 2 is 1.23 bits per heavy atom. The van der Waals surface area contributed by atoms with Gasteiger partial charge in [-0.25, -0.2) is 0 Å². The largest absolute Gasteiger partial charge is 0.497 e. The van der Waals surface area contributed by atoms with Crippen LogP contribution in [0.3, 0.4) is 0 Å². The van der Waals surface area contributed by atoms with Gasteiger partial charge in [0.2, 0.25) is 0 Å². The Hall–Kier alpha value is -2.13. The second kappa shape index (κ2) is 9.16. The molecule has 0 spiro atoms. The molecule has 0 aliphatic rings. The van der Waals surface area contributed by atoms with Crippen molar-refractivity contribution in [1.82, 2.24) is 0 Å². The van der Waals surface area contributed by atoms with Gasteiger partial charge < -0.3 is 13.7 Å². The zero-order valence-corrected chi connectivity index (χ0v) is 21.2. The number of hydrogen-bond donors (Lipinski definition) is 0. The first-order valence-electron chi connectivity index (χ1n) is 10.6. The Labute approximate surface area is 187 Å². The van der Waals surface area contributed by atoms with Crippen molar-refractivity contribution in [2.24, 2.45) is 0 Å². The highest BCUT2D eigenvalue weighted by molar-refractivity contribution is 7.78. The van der Waals surface area contributed by atoms with E-state index in [-0.39, 0.29) is 5.04 Å². The van der Waals surface area contributed by atoms with E-state index in [4.69, 9.17) is 9.16 Å². The second-order valence-electron chi connectivity index (χ2n) is 9.33. The van der Waals surface area contributed by atoms with Gasteiger partial charge in [0.05, 0.1) is 7.11 Å². The molecule has 0 fully saturated rings. The summed E-state index contributed by atoms with van der Waals surface area (Å²) >= 11 is 0. The summed E-state index contributed by atoms with van der Waals surface area (Å²) in [5.41, 5.74) is 0.904. The predicted molar refractivity (Wildman–Crippen MR) is 134 cm³/mol. The minimum atomic E-state index is -3.17. The molecule has 164 valence electrons. The van der Waals surface area contributed by atoms with Crippen LogP contribution in [-0.2, 0) is 8.99 Å². The highest BCUT2D eigenvalue weighted by Gasteiger charge is 2.46. The number of rotatable bonds is 7. The average Bonchev–Trinajstić information content (AvgIpc) is 2.77. The van der Waals surface area contributed by atoms with Crippen LogP contribution < -0.4 is 15.3 Å².